The van der Waals surface area contributed by atoms with Crippen molar-refractivity contribution in [1.29, 1.82) is 0 Å². The summed E-state index contributed by atoms with van der Waals surface area (Å²) in [5.74, 6) is 0.684. The van der Waals surface area contributed by atoms with Crippen LogP contribution in [0.25, 0.3) is 10.9 Å². The largest absolute Gasteiger partial charge is 0.348 e. The molecule has 18 heavy (non-hydrogen) atoms. The Labute approximate surface area is 109 Å². The molecule has 1 N–H and O–H groups in total. The van der Waals surface area contributed by atoms with Crippen molar-refractivity contribution in [2.24, 2.45) is 7.05 Å². The summed E-state index contributed by atoms with van der Waals surface area (Å²) in [6.07, 6.45) is 2.62. The lowest BCUT2D eigenvalue weighted by Crippen LogP contribution is -2.28. The van der Waals surface area contributed by atoms with Crippen molar-refractivity contribution < 1.29 is 0 Å². The Morgan fingerprint density at radius 3 is 2.83 bits per heavy atom. The molecule has 0 bridgehead atoms. The number of hydrogen-bond acceptors (Lipinski definition) is 1. The van der Waals surface area contributed by atoms with Crippen LogP contribution in [0.15, 0.2) is 18.2 Å². The average Bonchev–Trinajstić information content (AvgIpc) is 2.63. The third kappa shape index (κ3) is 1.76. The molecule has 1 saturated heterocycles. The summed E-state index contributed by atoms with van der Waals surface area (Å²) in [6.45, 7) is 6.76. The van der Waals surface area contributed by atoms with Gasteiger partial charge in [-0.05, 0) is 56.8 Å². The number of piperidine rings is 1. The molecule has 2 nitrogen and oxygen atoms in total. The molecular weight excluding hydrogens is 220 g/mol. The van der Waals surface area contributed by atoms with E-state index in [4.69, 9.17) is 0 Å². The molecule has 0 spiro atoms. The molecule has 2 heteroatoms. The van der Waals surface area contributed by atoms with Crippen LogP contribution in [0.3, 0.4) is 0 Å². The Balaban J connectivity index is 2.20. The Hall–Kier alpha value is -1.28. The molecule has 2 heterocycles. The molecule has 0 radical (unpaired) electrons. The molecule has 0 saturated carbocycles. The second-order valence-electron chi connectivity index (χ2n) is 5.62. The highest BCUT2D eigenvalue weighted by atomic mass is 15.0. The maximum atomic E-state index is 3.54. The van der Waals surface area contributed by atoms with Crippen LogP contribution in [0.5, 0.6) is 0 Å². The van der Waals surface area contributed by atoms with Crippen LogP contribution in [-0.2, 0) is 7.05 Å². The maximum Gasteiger partial charge on any atom is 0.0482 e. The first-order valence-electron chi connectivity index (χ1n) is 6.94. The Morgan fingerprint density at radius 2 is 2.11 bits per heavy atom. The van der Waals surface area contributed by atoms with E-state index in [9.17, 15) is 0 Å². The molecule has 1 atom stereocenters. The zero-order valence-electron chi connectivity index (χ0n) is 11.6. The molecule has 1 aliphatic rings. The van der Waals surface area contributed by atoms with E-state index < -0.39 is 0 Å². The lowest BCUT2D eigenvalue weighted by Gasteiger charge is -2.23. The molecule has 96 valence electrons. The van der Waals surface area contributed by atoms with Crippen LogP contribution in [-0.4, -0.2) is 17.7 Å². The highest BCUT2D eigenvalue weighted by Crippen LogP contribution is 2.34. The zero-order chi connectivity index (χ0) is 12.7. The van der Waals surface area contributed by atoms with E-state index in [1.165, 1.54) is 41.5 Å². The van der Waals surface area contributed by atoms with Crippen molar-refractivity contribution in [1.82, 2.24) is 9.88 Å². The van der Waals surface area contributed by atoms with Gasteiger partial charge < -0.3 is 9.88 Å². The lowest BCUT2D eigenvalue weighted by atomic mass is 9.89. The maximum absolute atomic E-state index is 3.54. The third-order valence-corrected chi connectivity index (χ3v) is 4.40. The molecule has 1 aromatic heterocycles. The van der Waals surface area contributed by atoms with Crippen LogP contribution in [0.4, 0.5) is 0 Å². The molecule has 1 fully saturated rings. The van der Waals surface area contributed by atoms with E-state index in [0.717, 1.165) is 6.54 Å². The summed E-state index contributed by atoms with van der Waals surface area (Å²) < 4.78 is 2.35. The van der Waals surface area contributed by atoms with Gasteiger partial charge in [0.15, 0.2) is 0 Å². The predicted octanol–water partition coefficient (Wildman–Crippen LogP) is 3.26. The van der Waals surface area contributed by atoms with Gasteiger partial charge in [-0.2, -0.15) is 0 Å². The van der Waals surface area contributed by atoms with Crippen molar-refractivity contribution in [2.75, 3.05) is 13.1 Å². The van der Waals surface area contributed by atoms with E-state index in [1.807, 2.05) is 0 Å². The van der Waals surface area contributed by atoms with Crippen LogP contribution >= 0.6 is 0 Å². The van der Waals surface area contributed by atoms with Crippen molar-refractivity contribution in [2.45, 2.75) is 32.6 Å². The number of nitrogens with zero attached hydrogens (tertiary/aromatic N) is 1. The molecule has 1 aromatic carbocycles. The fourth-order valence-electron chi connectivity index (χ4n) is 3.33. The number of aryl methyl sites for hydroxylation is 2. The van der Waals surface area contributed by atoms with E-state index in [2.05, 4.69) is 49.0 Å². The molecule has 0 amide bonds. The third-order valence-electron chi connectivity index (χ3n) is 4.40. The molecule has 3 rings (SSSR count). The minimum atomic E-state index is 0.684. The second-order valence-corrected chi connectivity index (χ2v) is 5.62. The van der Waals surface area contributed by atoms with E-state index in [-0.39, 0.29) is 0 Å². The number of rotatable bonds is 1. The smallest absolute Gasteiger partial charge is 0.0482 e. The molecule has 0 aliphatic carbocycles. The highest BCUT2D eigenvalue weighted by Gasteiger charge is 2.22. The number of fused-ring (bicyclic) bond motifs is 1. The summed E-state index contributed by atoms with van der Waals surface area (Å²) in [5.41, 5.74) is 5.74. The summed E-state index contributed by atoms with van der Waals surface area (Å²) in [4.78, 5) is 0. The summed E-state index contributed by atoms with van der Waals surface area (Å²) in [6, 6.07) is 6.83. The quantitative estimate of drug-likeness (QED) is 0.812. The van der Waals surface area contributed by atoms with E-state index in [0.29, 0.717) is 5.92 Å². The molecule has 1 aliphatic heterocycles. The Morgan fingerprint density at radius 1 is 1.28 bits per heavy atom. The van der Waals surface area contributed by atoms with Crippen molar-refractivity contribution >= 4 is 10.9 Å². The van der Waals surface area contributed by atoms with Gasteiger partial charge in [0.05, 0.1) is 0 Å². The van der Waals surface area contributed by atoms with Gasteiger partial charge in [0.1, 0.15) is 0 Å². The Bertz CT molecular complexity index is 574. The monoisotopic (exact) mass is 242 g/mol. The normalized spacial score (nSPS) is 20.5. The first kappa shape index (κ1) is 11.8. The second kappa shape index (κ2) is 4.43. The van der Waals surface area contributed by atoms with Gasteiger partial charge in [0.25, 0.3) is 0 Å². The molecule has 1 unspecified atom stereocenters. The van der Waals surface area contributed by atoms with Gasteiger partial charge in [-0.25, -0.2) is 0 Å². The van der Waals surface area contributed by atoms with Crippen LogP contribution in [0.2, 0.25) is 0 Å². The van der Waals surface area contributed by atoms with Crippen LogP contribution in [0, 0.1) is 13.8 Å². The van der Waals surface area contributed by atoms with Gasteiger partial charge >= 0.3 is 0 Å². The standard InChI is InChI=1S/C16H22N2/c1-11-6-7-15-14(9-11)16(12(2)18(15)3)13-5-4-8-17-10-13/h6-7,9,13,17H,4-5,8,10H2,1-3H3. The molecular formula is C16H22N2. The summed E-state index contributed by atoms with van der Waals surface area (Å²) in [5, 5.41) is 5.00. The van der Waals surface area contributed by atoms with Gasteiger partial charge in [-0.15, -0.1) is 0 Å². The zero-order valence-corrected chi connectivity index (χ0v) is 11.6. The number of benzene rings is 1. The first-order chi connectivity index (χ1) is 8.68. The lowest BCUT2D eigenvalue weighted by molar-refractivity contribution is 0.461. The SMILES string of the molecule is Cc1ccc2c(c1)c(C1CCCNC1)c(C)n2C. The van der Waals surface area contributed by atoms with E-state index in [1.54, 1.807) is 5.56 Å². The molecule has 2 aromatic rings. The predicted molar refractivity (Wildman–Crippen MR) is 77.2 cm³/mol. The minimum absolute atomic E-state index is 0.684. The topological polar surface area (TPSA) is 17.0 Å². The van der Waals surface area contributed by atoms with Gasteiger partial charge in [-0.3, -0.25) is 0 Å². The number of hydrogen-bond donors (Lipinski definition) is 1. The summed E-state index contributed by atoms with van der Waals surface area (Å²) >= 11 is 0. The van der Waals surface area contributed by atoms with Gasteiger partial charge in [-0.1, -0.05) is 11.6 Å². The van der Waals surface area contributed by atoms with E-state index >= 15 is 0 Å². The van der Waals surface area contributed by atoms with Crippen LogP contribution in [0.1, 0.15) is 35.6 Å². The highest BCUT2D eigenvalue weighted by molar-refractivity contribution is 5.86. The Kier molecular flexibility index (Phi) is 2.90. The van der Waals surface area contributed by atoms with Gasteiger partial charge in [0, 0.05) is 30.2 Å². The average molecular weight is 242 g/mol. The first-order valence-corrected chi connectivity index (χ1v) is 6.94. The van der Waals surface area contributed by atoms with Crippen molar-refractivity contribution in [3.8, 4) is 0 Å². The van der Waals surface area contributed by atoms with Crippen LogP contribution < -0.4 is 5.32 Å². The fourth-order valence-corrected chi connectivity index (χ4v) is 3.33. The van der Waals surface area contributed by atoms with Crippen molar-refractivity contribution in [3.63, 3.8) is 0 Å². The fraction of sp³-hybridized carbons (Fsp3) is 0.500. The van der Waals surface area contributed by atoms with Crippen molar-refractivity contribution in [3.05, 3.63) is 35.0 Å². The minimum Gasteiger partial charge on any atom is -0.348 e. The number of nitrogens with one attached hydrogen (secondary N) is 1. The number of aromatic nitrogens is 1. The summed E-state index contributed by atoms with van der Waals surface area (Å²) in [7, 11) is 2.19. The van der Waals surface area contributed by atoms with Gasteiger partial charge in [0.2, 0.25) is 0 Å².